The number of hydrogen-bond acceptors (Lipinski definition) is 5. The van der Waals surface area contributed by atoms with Gasteiger partial charge in [-0.15, -0.1) is 0 Å². The topological polar surface area (TPSA) is 73.1 Å². The van der Waals surface area contributed by atoms with Gasteiger partial charge in [-0.1, -0.05) is 12.1 Å². The summed E-state index contributed by atoms with van der Waals surface area (Å²) in [6, 6.07) is 7.69. The van der Waals surface area contributed by atoms with Crippen molar-refractivity contribution in [2.24, 2.45) is 5.84 Å². The van der Waals surface area contributed by atoms with Gasteiger partial charge in [0, 0.05) is 0 Å². The Hall–Kier alpha value is -1.66. The third kappa shape index (κ3) is 2.92. The summed E-state index contributed by atoms with van der Waals surface area (Å²) in [5, 5.41) is 0. The fourth-order valence-electron chi connectivity index (χ4n) is 1.28. The van der Waals surface area contributed by atoms with Gasteiger partial charge in [0.15, 0.2) is 0 Å². The number of nitrogens with zero attached hydrogens (tertiary/aromatic N) is 2. The number of anilines is 1. The smallest absolute Gasteiger partial charge is 0.240 e. The molecule has 6 heteroatoms. The molecule has 1 aromatic heterocycles. The number of hydrazine groups is 1. The van der Waals surface area contributed by atoms with Gasteiger partial charge in [0.1, 0.15) is 5.75 Å². The Morgan fingerprint density at radius 2 is 2.24 bits per heavy atom. The molecule has 0 aliphatic heterocycles. The number of aryl methyl sites for hydroxylation is 1. The molecule has 0 spiro atoms. The standard InChI is InChI=1S/C11H11BrN4O/c1-7-3-2-4-8(5-7)17-10-9(12)6-14-11(15-10)16-13/h2-6H,13H2,1H3,(H,14,15,16). The molecular formula is C11H11BrN4O. The monoisotopic (exact) mass is 294 g/mol. The number of nitrogens with one attached hydrogen (secondary N) is 1. The summed E-state index contributed by atoms with van der Waals surface area (Å²) < 4.78 is 6.30. The van der Waals surface area contributed by atoms with Crippen molar-refractivity contribution in [2.45, 2.75) is 6.92 Å². The molecule has 0 aliphatic rings. The minimum atomic E-state index is 0.302. The van der Waals surface area contributed by atoms with Crippen LogP contribution in [0.5, 0.6) is 11.6 Å². The lowest BCUT2D eigenvalue weighted by atomic mass is 10.2. The Labute approximate surface area is 107 Å². The second kappa shape index (κ2) is 5.11. The van der Waals surface area contributed by atoms with Gasteiger partial charge in [-0.25, -0.2) is 10.8 Å². The van der Waals surface area contributed by atoms with Crippen LogP contribution >= 0.6 is 15.9 Å². The van der Waals surface area contributed by atoms with Gasteiger partial charge >= 0.3 is 0 Å². The number of halogens is 1. The van der Waals surface area contributed by atoms with Gasteiger partial charge in [0.05, 0.1) is 10.7 Å². The fraction of sp³-hybridized carbons (Fsp3) is 0.0909. The molecule has 0 atom stereocenters. The zero-order valence-corrected chi connectivity index (χ0v) is 10.7. The van der Waals surface area contributed by atoms with Crippen LogP contribution in [0.2, 0.25) is 0 Å². The van der Waals surface area contributed by atoms with Crippen LogP contribution < -0.4 is 16.0 Å². The zero-order chi connectivity index (χ0) is 12.3. The molecule has 0 bridgehead atoms. The van der Waals surface area contributed by atoms with Crippen LogP contribution in [0.3, 0.4) is 0 Å². The quantitative estimate of drug-likeness (QED) is 0.672. The van der Waals surface area contributed by atoms with Crippen LogP contribution in [0.25, 0.3) is 0 Å². The first-order valence-corrected chi connectivity index (χ1v) is 5.72. The number of hydrogen-bond donors (Lipinski definition) is 2. The average molecular weight is 295 g/mol. The lowest BCUT2D eigenvalue weighted by Gasteiger charge is -2.08. The number of aromatic nitrogens is 2. The molecule has 1 aromatic carbocycles. The molecule has 0 saturated heterocycles. The molecule has 0 aliphatic carbocycles. The van der Waals surface area contributed by atoms with Gasteiger partial charge in [-0.3, -0.25) is 5.43 Å². The third-order valence-corrected chi connectivity index (χ3v) is 2.59. The van der Waals surface area contributed by atoms with E-state index in [1.807, 2.05) is 31.2 Å². The van der Waals surface area contributed by atoms with Crippen molar-refractivity contribution in [3.05, 3.63) is 40.5 Å². The van der Waals surface area contributed by atoms with Gasteiger partial charge in [0.25, 0.3) is 0 Å². The van der Waals surface area contributed by atoms with Crippen LogP contribution in [-0.2, 0) is 0 Å². The first kappa shape index (κ1) is 11.8. The van der Waals surface area contributed by atoms with Gasteiger partial charge in [-0.2, -0.15) is 4.98 Å². The molecule has 0 unspecified atom stereocenters. The van der Waals surface area contributed by atoms with E-state index in [9.17, 15) is 0 Å². The molecule has 0 amide bonds. The maximum Gasteiger partial charge on any atom is 0.240 e. The molecule has 0 saturated carbocycles. The number of nitrogen functional groups attached to an aromatic ring is 1. The molecule has 2 rings (SSSR count). The van der Waals surface area contributed by atoms with Crippen molar-refractivity contribution in [3.63, 3.8) is 0 Å². The zero-order valence-electron chi connectivity index (χ0n) is 9.14. The van der Waals surface area contributed by atoms with E-state index in [1.54, 1.807) is 6.20 Å². The Kier molecular flexibility index (Phi) is 3.55. The molecule has 3 N–H and O–H groups in total. The number of benzene rings is 1. The van der Waals surface area contributed by atoms with Gasteiger partial charge in [-0.05, 0) is 40.5 Å². The maximum absolute atomic E-state index is 5.64. The second-order valence-corrected chi connectivity index (χ2v) is 4.26. The van der Waals surface area contributed by atoms with Crippen molar-refractivity contribution < 1.29 is 4.74 Å². The lowest BCUT2D eigenvalue weighted by molar-refractivity contribution is 0.458. The van der Waals surface area contributed by atoms with Crippen LogP contribution in [0.15, 0.2) is 34.9 Å². The summed E-state index contributed by atoms with van der Waals surface area (Å²) in [6.07, 6.45) is 1.58. The summed E-state index contributed by atoms with van der Waals surface area (Å²) in [4.78, 5) is 8.04. The highest BCUT2D eigenvalue weighted by molar-refractivity contribution is 9.10. The summed E-state index contributed by atoms with van der Waals surface area (Å²) in [5.74, 6) is 6.67. The first-order chi connectivity index (χ1) is 8.19. The van der Waals surface area contributed by atoms with Crippen LogP contribution in [0.1, 0.15) is 5.56 Å². The summed E-state index contributed by atoms with van der Waals surface area (Å²) in [5.41, 5.74) is 3.48. The minimum Gasteiger partial charge on any atom is -0.438 e. The Morgan fingerprint density at radius 1 is 1.41 bits per heavy atom. The Bertz CT molecular complexity index is 533. The van der Waals surface area contributed by atoms with Crippen molar-refractivity contribution in [3.8, 4) is 11.6 Å². The number of rotatable bonds is 3. The highest BCUT2D eigenvalue weighted by Gasteiger charge is 2.07. The van der Waals surface area contributed by atoms with E-state index in [1.165, 1.54) is 0 Å². The number of ether oxygens (including phenoxy) is 1. The summed E-state index contributed by atoms with van der Waals surface area (Å²) in [6.45, 7) is 1.99. The van der Waals surface area contributed by atoms with E-state index in [-0.39, 0.29) is 0 Å². The van der Waals surface area contributed by atoms with Crippen LogP contribution in [0.4, 0.5) is 5.95 Å². The lowest BCUT2D eigenvalue weighted by Crippen LogP contribution is -2.10. The maximum atomic E-state index is 5.64. The van der Waals surface area contributed by atoms with Crippen molar-refractivity contribution in [2.75, 3.05) is 5.43 Å². The molecule has 2 aromatic rings. The minimum absolute atomic E-state index is 0.302. The van der Waals surface area contributed by atoms with E-state index < -0.39 is 0 Å². The Balaban J connectivity index is 2.29. The second-order valence-electron chi connectivity index (χ2n) is 3.41. The summed E-state index contributed by atoms with van der Waals surface area (Å²) in [7, 11) is 0. The van der Waals surface area contributed by atoms with E-state index in [0.29, 0.717) is 22.1 Å². The number of nitrogens with two attached hydrogens (primary N) is 1. The van der Waals surface area contributed by atoms with Crippen molar-refractivity contribution in [1.82, 2.24) is 9.97 Å². The van der Waals surface area contributed by atoms with Gasteiger partial charge < -0.3 is 4.74 Å². The molecule has 1 heterocycles. The van der Waals surface area contributed by atoms with E-state index in [0.717, 1.165) is 5.56 Å². The van der Waals surface area contributed by atoms with E-state index in [2.05, 4.69) is 31.3 Å². The van der Waals surface area contributed by atoms with Crippen LogP contribution in [-0.4, -0.2) is 9.97 Å². The average Bonchev–Trinajstić information content (AvgIpc) is 2.32. The molecule has 0 fully saturated rings. The highest BCUT2D eigenvalue weighted by atomic mass is 79.9. The van der Waals surface area contributed by atoms with E-state index >= 15 is 0 Å². The molecule has 17 heavy (non-hydrogen) atoms. The predicted molar refractivity (Wildman–Crippen MR) is 68.8 cm³/mol. The normalized spacial score (nSPS) is 10.1. The largest absolute Gasteiger partial charge is 0.438 e. The molecule has 88 valence electrons. The Morgan fingerprint density at radius 3 is 2.94 bits per heavy atom. The first-order valence-electron chi connectivity index (χ1n) is 4.92. The SMILES string of the molecule is Cc1cccc(Oc2nc(NN)ncc2Br)c1. The van der Waals surface area contributed by atoms with Crippen molar-refractivity contribution >= 4 is 21.9 Å². The van der Waals surface area contributed by atoms with Gasteiger partial charge in [0.2, 0.25) is 11.8 Å². The fourth-order valence-corrected chi connectivity index (χ4v) is 1.56. The highest BCUT2D eigenvalue weighted by Crippen LogP contribution is 2.27. The van der Waals surface area contributed by atoms with Crippen molar-refractivity contribution in [1.29, 1.82) is 0 Å². The van der Waals surface area contributed by atoms with E-state index in [4.69, 9.17) is 10.6 Å². The third-order valence-electron chi connectivity index (χ3n) is 2.05. The summed E-state index contributed by atoms with van der Waals surface area (Å²) >= 11 is 3.32. The van der Waals surface area contributed by atoms with Crippen LogP contribution in [0, 0.1) is 6.92 Å². The molecule has 5 nitrogen and oxygen atoms in total. The molecule has 0 radical (unpaired) electrons. The molecular weight excluding hydrogens is 284 g/mol. The predicted octanol–water partition coefficient (Wildman–Crippen LogP) is 2.63.